The van der Waals surface area contributed by atoms with Crippen LogP contribution in [0.25, 0.3) is 0 Å². The quantitative estimate of drug-likeness (QED) is 0.842. The summed E-state index contributed by atoms with van der Waals surface area (Å²) in [5.74, 6) is 2.41. The molecule has 1 aromatic carbocycles. The molecule has 0 unspecified atom stereocenters. The number of hydrogen-bond donors (Lipinski definition) is 0. The first-order valence-electron chi connectivity index (χ1n) is 7.74. The Morgan fingerprint density at radius 2 is 1.57 bits per heavy atom. The number of nitrogens with zero attached hydrogens (tertiary/aromatic N) is 2. The summed E-state index contributed by atoms with van der Waals surface area (Å²) in [6.45, 7) is 2.59. The van der Waals surface area contributed by atoms with E-state index in [1.807, 2.05) is 21.0 Å². The van der Waals surface area contributed by atoms with Crippen molar-refractivity contribution in [2.75, 3.05) is 42.0 Å². The molecular formula is C17H24N2O4. The number of rotatable bonds is 3. The third kappa shape index (κ3) is 2.08. The predicted octanol–water partition coefficient (Wildman–Crippen LogP) is 1.39. The molecule has 23 heavy (non-hydrogen) atoms. The molecule has 0 N–H and O–H groups in total. The van der Waals surface area contributed by atoms with Crippen LogP contribution in [0.15, 0.2) is 0 Å². The van der Waals surface area contributed by atoms with Crippen molar-refractivity contribution in [2.24, 2.45) is 0 Å². The van der Waals surface area contributed by atoms with Gasteiger partial charge in [0.1, 0.15) is 5.75 Å². The zero-order chi connectivity index (χ0) is 16.9. The number of carbonyl (C=O) groups excluding carboxylic acids is 1. The number of fused-ring (bicyclic) bond motifs is 4. The van der Waals surface area contributed by atoms with Crippen LogP contribution in [0.5, 0.6) is 17.2 Å². The zero-order valence-corrected chi connectivity index (χ0v) is 14.6. The minimum atomic E-state index is -0.155. The maximum Gasteiger partial charge on any atom is 0.240 e. The van der Waals surface area contributed by atoms with E-state index in [-0.39, 0.29) is 18.0 Å². The van der Waals surface area contributed by atoms with Crippen LogP contribution in [-0.2, 0) is 11.2 Å². The van der Waals surface area contributed by atoms with E-state index in [0.29, 0.717) is 18.7 Å². The Hall–Kier alpha value is -1.95. The normalized spacial score (nSPS) is 23.6. The average Bonchev–Trinajstić information content (AvgIpc) is 2.53. The largest absolute Gasteiger partial charge is 0.496 e. The van der Waals surface area contributed by atoms with Crippen molar-refractivity contribution in [1.29, 1.82) is 0 Å². The zero-order valence-electron chi connectivity index (χ0n) is 14.6. The van der Waals surface area contributed by atoms with E-state index in [0.717, 1.165) is 28.2 Å². The van der Waals surface area contributed by atoms with Gasteiger partial charge in [-0.15, -0.1) is 0 Å². The average molecular weight is 320 g/mol. The number of methoxy groups -OCH3 is 3. The Labute approximate surface area is 136 Å². The molecule has 2 heterocycles. The minimum absolute atomic E-state index is 0.0739. The Kier molecular flexibility index (Phi) is 3.88. The topological polar surface area (TPSA) is 51.2 Å². The molecule has 0 aliphatic carbocycles. The molecule has 0 aromatic heterocycles. The molecule has 2 bridgehead atoms. The van der Waals surface area contributed by atoms with Gasteiger partial charge in [-0.05, 0) is 14.0 Å². The number of hydrogen-bond acceptors (Lipinski definition) is 5. The number of benzene rings is 1. The number of likely N-dealkylation sites (N-methyl/N-ethyl adjacent to an activating group) is 2. The molecule has 2 aliphatic rings. The molecule has 3 rings (SSSR count). The third-order valence-corrected chi connectivity index (χ3v) is 5.17. The van der Waals surface area contributed by atoms with Crippen molar-refractivity contribution >= 4 is 5.91 Å². The number of ether oxygens (including phenoxy) is 3. The Balaban J connectivity index is 2.30. The van der Waals surface area contributed by atoms with E-state index >= 15 is 0 Å². The SMILES string of the molecule is COc1c(C)c(OC)c(OC)c2c1C[C@H]1C(=O)N(C)C[C@H]2N1C. The van der Waals surface area contributed by atoms with Gasteiger partial charge in [0.2, 0.25) is 5.91 Å². The van der Waals surface area contributed by atoms with Crippen molar-refractivity contribution in [2.45, 2.75) is 25.4 Å². The van der Waals surface area contributed by atoms with Crippen LogP contribution >= 0.6 is 0 Å². The van der Waals surface area contributed by atoms with Gasteiger partial charge in [0.05, 0.1) is 33.4 Å². The molecule has 2 atom stereocenters. The summed E-state index contributed by atoms with van der Waals surface area (Å²) in [6, 6.07) is -0.0811. The summed E-state index contributed by atoms with van der Waals surface area (Å²) < 4.78 is 17.0. The Morgan fingerprint density at radius 3 is 2.13 bits per heavy atom. The first-order valence-corrected chi connectivity index (χ1v) is 7.74. The fourth-order valence-electron chi connectivity index (χ4n) is 4.00. The molecule has 0 radical (unpaired) electrons. The van der Waals surface area contributed by atoms with Gasteiger partial charge >= 0.3 is 0 Å². The molecule has 0 saturated carbocycles. The van der Waals surface area contributed by atoms with E-state index in [1.165, 1.54) is 0 Å². The van der Waals surface area contributed by atoms with Crippen LogP contribution in [0.3, 0.4) is 0 Å². The lowest BCUT2D eigenvalue weighted by Crippen LogP contribution is -2.58. The molecule has 6 nitrogen and oxygen atoms in total. The van der Waals surface area contributed by atoms with Crippen LogP contribution in [0.1, 0.15) is 22.7 Å². The highest BCUT2D eigenvalue weighted by Gasteiger charge is 2.46. The monoisotopic (exact) mass is 320 g/mol. The van der Waals surface area contributed by atoms with Gasteiger partial charge in [-0.25, -0.2) is 0 Å². The van der Waals surface area contributed by atoms with Crippen molar-refractivity contribution < 1.29 is 19.0 Å². The molecule has 1 aromatic rings. The minimum Gasteiger partial charge on any atom is -0.496 e. The van der Waals surface area contributed by atoms with Gasteiger partial charge in [-0.1, -0.05) is 0 Å². The summed E-state index contributed by atoms with van der Waals surface area (Å²) in [5.41, 5.74) is 3.05. The van der Waals surface area contributed by atoms with Gasteiger partial charge in [-0.2, -0.15) is 0 Å². The van der Waals surface area contributed by atoms with E-state index in [9.17, 15) is 4.79 Å². The third-order valence-electron chi connectivity index (χ3n) is 5.17. The summed E-state index contributed by atoms with van der Waals surface area (Å²) >= 11 is 0. The molecule has 2 aliphatic heterocycles. The van der Waals surface area contributed by atoms with Crippen LogP contribution < -0.4 is 14.2 Å². The predicted molar refractivity (Wildman–Crippen MR) is 86.5 cm³/mol. The number of amides is 1. The van der Waals surface area contributed by atoms with Gasteiger partial charge < -0.3 is 19.1 Å². The maximum atomic E-state index is 12.5. The maximum absolute atomic E-state index is 12.5. The summed E-state index contributed by atoms with van der Waals surface area (Å²) in [5, 5.41) is 0. The second-order valence-corrected chi connectivity index (χ2v) is 6.24. The highest BCUT2D eigenvalue weighted by atomic mass is 16.5. The molecule has 0 spiro atoms. The summed E-state index contributed by atoms with van der Waals surface area (Å²) in [6.07, 6.45) is 0.621. The second-order valence-electron chi connectivity index (χ2n) is 6.24. The molecule has 6 heteroatoms. The molecule has 1 saturated heterocycles. The highest BCUT2D eigenvalue weighted by molar-refractivity contribution is 5.84. The van der Waals surface area contributed by atoms with Crippen molar-refractivity contribution in [3.05, 3.63) is 16.7 Å². The summed E-state index contributed by atoms with van der Waals surface area (Å²) in [7, 11) is 8.82. The number of piperazine rings is 1. The first kappa shape index (κ1) is 15.9. The first-order chi connectivity index (χ1) is 11.0. The van der Waals surface area contributed by atoms with Crippen molar-refractivity contribution in [1.82, 2.24) is 9.80 Å². The van der Waals surface area contributed by atoms with Crippen LogP contribution in [0.2, 0.25) is 0 Å². The molecule has 1 amide bonds. The fourth-order valence-corrected chi connectivity index (χ4v) is 4.00. The van der Waals surface area contributed by atoms with Crippen molar-refractivity contribution in [3.8, 4) is 17.2 Å². The summed E-state index contributed by atoms with van der Waals surface area (Å²) in [4.78, 5) is 16.4. The number of carbonyl (C=O) groups is 1. The second kappa shape index (κ2) is 5.60. The van der Waals surface area contributed by atoms with Crippen LogP contribution in [-0.4, -0.2) is 63.7 Å². The van der Waals surface area contributed by atoms with E-state index < -0.39 is 0 Å². The van der Waals surface area contributed by atoms with Crippen molar-refractivity contribution in [3.63, 3.8) is 0 Å². The van der Waals surface area contributed by atoms with Gasteiger partial charge in [-0.3, -0.25) is 9.69 Å². The van der Waals surface area contributed by atoms with E-state index in [1.54, 1.807) is 26.2 Å². The fraction of sp³-hybridized carbons (Fsp3) is 0.588. The Bertz CT molecular complexity index is 659. The van der Waals surface area contributed by atoms with Crippen LogP contribution in [0, 0.1) is 6.92 Å². The standard InChI is InChI=1S/C17H24N2O4/c1-9-14(21-4)10-7-11-17(20)18(2)8-12(19(11)3)13(10)16(23-6)15(9)22-5/h11-12H,7-8H2,1-6H3/t11-,12+/m0/s1. The lowest BCUT2D eigenvalue weighted by atomic mass is 9.82. The molecule has 126 valence electrons. The lowest BCUT2D eigenvalue weighted by Gasteiger charge is -2.48. The van der Waals surface area contributed by atoms with Crippen LogP contribution in [0.4, 0.5) is 0 Å². The van der Waals surface area contributed by atoms with E-state index in [4.69, 9.17) is 14.2 Å². The Morgan fingerprint density at radius 1 is 0.957 bits per heavy atom. The molecule has 1 fully saturated rings. The van der Waals surface area contributed by atoms with Gasteiger partial charge in [0.25, 0.3) is 0 Å². The van der Waals surface area contributed by atoms with Gasteiger partial charge in [0, 0.05) is 36.7 Å². The van der Waals surface area contributed by atoms with Gasteiger partial charge in [0.15, 0.2) is 11.5 Å². The smallest absolute Gasteiger partial charge is 0.240 e. The van der Waals surface area contributed by atoms with E-state index in [2.05, 4.69) is 4.90 Å². The lowest BCUT2D eigenvalue weighted by molar-refractivity contribution is -0.143. The molecular weight excluding hydrogens is 296 g/mol. The highest BCUT2D eigenvalue weighted by Crippen LogP contribution is 2.51.